The number of amidine groups is 1. The van der Waals surface area contributed by atoms with E-state index in [-0.39, 0.29) is 17.2 Å². The van der Waals surface area contributed by atoms with Crippen molar-refractivity contribution < 1.29 is 9.84 Å². The third-order valence-corrected chi connectivity index (χ3v) is 6.40. The van der Waals surface area contributed by atoms with Crippen molar-refractivity contribution >= 4 is 28.5 Å². The first-order valence-corrected chi connectivity index (χ1v) is 11.0. The fourth-order valence-electron chi connectivity index (χ4n) is 4.23. The molecule has 2 aromatic carbocycles. The molecule has 0 amide bonds. The number of nitrogens with zero attached hydrogens (tertiary/aromatic N) is 1. The molecule has 29 heavy (non-hydrogen) atoms. The molecule has 1 spiro atoms. The van der Waals surface area contributed by atoms with E-state index in [1.807, 2.05) is 24.3 Å². The Kier molecular flexibility index (Phi) is 5.30. The van der Waals surface area contributed by atoms with Crippen molar-refractivity contribution in [3.05, 3.63) is 71.3 Å². The molecule has 2 heterocycles. The molecule has 0 saturated carbocycles. The third-order valence-electron chi connectivity index (χ3n) is 5.27. The van der Waals surface area contributed by atoms with Crippen LogP contribution >= 0.6 is 23.4 Å². The largest absolute Gasteiger partial charge is 0.508 e. The summed E-state index contributed by atoms with van der Waals surface area (Å²) < 4.78 is 6.51. The van der Waals surface area contributed by atoms with E-state index >= 15 is 0 Å². The number of thioether (sulfide) groups is 1. The third kappa shape index (κ3) is 4.26. The Morgan fingerprint density at radius 3 is 2.79 bits per heavy atom. The number of benzene rings is 2. The van der Waals surface area contributed by atoms with Crippen molar-refractivity contribution in [2.45, 2.75) is 43.9 Å². The predicted molar refractivity (Wildman–Crippen MR) is 121 cm³/mol. The van der Waals surface area contributed by atoms with Crippen LogP contribution < -0.4 is 10.1 Å². The Balaban J connectivity index is 1.81. The molecule has 0 aliphatic carbocycles. The minimum atomic E-state index is -0.705. The highest BCUT2D eigenvalue weighted by molar-refractivity contribution is 8.13. The molecule has 0 fully saturated rings. The molecule has 2 aliphatic rings. The van der Waals surface area contributed by atoms with Crippen molar-refractivity contribution in [2.75, 3.05) is 5.75 Å². The van der Waals surface area contributed by atoms with Gasteiger partial charge in [0, 0.05) is 46.7 Å². The SMILES string of the molecule is C=CCSC1=N[C@@]2(C[C@@H](c3ccc(Cl)cc3)c3ccc(O)cc3O2)CC(C)(C)N1. The van der Waals surface area contributed by atoms with Crippen molar-refractivity contribution in [3.63, 3.8) is 0 Å². The van der Waals surface area contributed by atoms with Crippen LogP contribution in [-0.4, -0.2) is 27.3 Å². The summed E-state index contributed by atoms with van der Waals surface area (Å²) in [5, 5.41) is 15.2. The molecule has 0 unspecified atom stereocenters. The van der Waals surface area contributed by atoms with Gasteiger partial charge in [-0.15, -0.1) is 6.58 Å². The molecule has 2 aromatic rings. The Hall–Kier alpha value is -2.11. The first-order valence-electron chi connectivity index (χ1n) is 9.68. The van der Waals surface area contributed by atoms with Gasteiger partial charge in [-0.1, -0.05) is 47.6 Å². The van der Waals surface area contributed by atoms with Gasteiger partial charge < -0.3 is 15.2 Å². The van der Waals surface area contributed by atoms with Crippen LogP contribution in [0.3, 0.4) is 0 Å². The number of halogens is 1. The molecule has 2 atom stereocenters. The van der Waals surface area contributed by atoms with Gasteiger partial charge in [0.05, 0.1) is 0 Å². The standard InChI is InChI=1S/C23H25ClN2O2S/c1-4-11-29-21-25-22(2,3)14-23(26-21)13-19(15-5-7-16(24)8-6-15)18-10-9-17(27)12-20(18)28-23/h4-10,12,19,27H,1,11,13-14H2,2-3H3,(H,25,26)/t19-,23+/m0/s1. The molecule has 2 aliphatic heterocycles. The summed E-state index contributed by atoms with van der Waals surface area (Å²) in [4.78, 5) is 5.02. The van der Waals surface area contributed by atoms with Crippen LogP contribution in [0.2, 0.25) is 5.02 Å². The first-order chi connectivity index (χ1) is 13.8. The zero-order chi connectivity index (χ0) is 20.6. The predicted octanol–water partition coefficient (Wildman–Crippen LogP) is 5.70. The van der Waals surface area contributed by atoms with E-state index in [1.165, 1.54) is 0 Å². The summed E-state index contributed by atoms with van der Waals surface area (Å²) in [5.74, 6) is 1.75. The van der Waals surface area contributed by atoms with E-state index in [0.29, 0.717) is 10.8 Å². The highest BCUT2D eigenvalue weighted by atomic mass is 35.5. The number of hydrogen-bond donors (Lipinski definition) is 2. The van der Waals surface area contributed by atoms with E-state index in [9.17, 15) is 5.11 Å². The lowest BCUT2D eigenvalue weighted by molar-refractivity contribution is 0.0134. The van der Waals surface area contributed by atoms with E-state index in [4.69, 9.17) is 21.3 Å². The lowest BCUT2D eigenvalue weighted by atomic mass is 9.78. The van der Waals surface area contributed by atoms with Gasteiger partial charge in [0.25, 0.3) is 0 Å². The molecule has 0 saturated heterocycles. The Morgan fingerprint density at radius 2 is 2.07 bits per heavy atom. The maximum absolute atomic E-state index is 10.1. The zero-order valence-corrected chi connectivity index (χ0v) is 18.2. The second-order valence-corrected chi connectivity index (χ2v) is 9.73. The number of hydrogen-bond acceptors (Lipinski definition) is 5. The maximum atomic E-state index is 10.1. The second kappa shape index (κ2) is 7.62. The van der Waals surface area contributed by atoms with Crippen molar-refractivity contribution in [3.8, 4) is 11.5 Å². The van der Waals surface area contributed by atoms with Crippen LogP contribution in [0.25, 0.3) is 0 Å². The van der Waals surface area contributed by atoms with Crippen LogP contribution in [0.15, 0.2) is 60.1 Å². The lowest BCUT2D eigenvalue weighted by Gasteiger charge is -2.47. The summed E-state index contributed by atoms with van der Waals surface area (Å²) in [6.07, 6.45) is 3.31. The summed E-state index contributed by atoms with van der Waals surface area (Å²) in [5.41, 5.74) is 1.34. The van der Waals surface area contributed by atoms with Crippen molar-refractivity contribution in [1.29, 1.82) is 0 Å². The summed E-state index contributed by atoms with van der Waals surface area (Å²) in [7, 11) is 0. The quantitative estimate of drug-likeness (QED) is 0.615. The molecule has 4 nitrogen and oxygen atoms in total. The summed E-state index contributed by atoms with van der Waals surface area (Å²) in [6.45, 7) is 8.14. The maximum Gasteiger partial charge on any atom is 0.206 e. The number of fused-ring (bicyclic) bond motifs is 1. The number of ether oxygens (including phenoxy) is 1. The van der Waals surface area contributed by atoms with Crippen molar-refractivity contribution in [1.82, 2.24) is 5.32 Å². The number of aliphatic imine (C=N–C) groups is 1. The highest BCUT2D eigenvalue weighted by Gasteiger charge is 2.48. The van der Waals surface area contributed by atoms with Crippen LogP contribution in [0.1, 0.15) is 43.7 Å². The van der Waals surface area contributed by atoms with Crippen LogP contribution in [0, 0.1) is 0 Å². The minimum absolute atomic E-state index is 0.0971. The fraction of sp³-hybridized carbons (Fsp3) is 0.348. The van der Waals surface area contributed by atoms with Gasteiger partial charge >= 0.3 is 0 Å². The normalized spacial score (nSPS) is 24.8. The molecule has 2 N–H and O–H groups in total. The van der Waals surface area contributed by atoms with Gasteiger partial charge in [0.15, 0.2) is 5.17 Å². The highest BCUT2D eigenvalue weighted by Crippen LogP contribution is 2.49. The Morgan fingerprint density at radius 1 is 1.31 bits per heavy atom. The van der Waals surface area contributed by atoms with Crippen LogP contribution in [-0.2, 0) is 0 Å². The average molecular weight is 429 g/mol. The number of rotatable bonds is 3. The van der Waals surface area contributed by atoms with Gasteiger partial charge in [-0.25, -0.2) is 4.99 Å². The fourth-order valence-corrected chi connectivity index (χ4v) is 5.21. The van der Waals surface area contributed by atoms with Gasteiger partial charge in [-0.05, 0) is 37.6 Å². The summed E-state index contributed by atoms with van der Waals surface area (Å²) in [6, 6.07) is 13.3. The van der Waals surface area contributed by atoms with Gasteiger partial charge in [-0.3, -0.25) is 0 Å². The van der Waals surface area contributed by atoms with E-state index < -0.39 is 5.72 Å². The molecule has 0 aromatic heterocycles. The zero-order valence-electron chi connectivity index (χ0n) is 16.6. The summed E-state index contributed by atoms with van der Waals surface area (Å²) >= 11 is 7.74. The number of aromatic hydroxyl groups is 1. The van der Waals surface area contributed by atoms with E-state index in [1.54, 1.807) is 23.9 Å². The minimum Gasteiger partial charge on any atom is -0.508 e. The molecule has 6 heteroatoms. The van der Waals surface area contributed by atoms with E-state index in [0.717, 1.165) is 34.9 Å². The monoisotopic (exact) mass is 428 g/mol. The molecular weight excluding hydrogens is 404 g/mol. The molecule has 0 bridgehead atoms. The van der Waals surface area contributed by atoms with Gasteiger partial charge in [0.2, 0.25) is 5.72 Å². The van der Waals surface area contributed by atoms with Gasteiger partial charge in [-0.2, -0.15) is 0 Å². The Bertz CT molecular complexity index is 958. The first kappa shape index (κ1) is 20.2. The smallest absolute Gasteiger partial charge is 0.206 e. The topological polar surface area (TPSA) is 53.9 Å². The van der Waals surface area contributed by atoms with Crippen LogP contribution in [0.5, 0.6) is 11.5 Å². The molecule has 4 rings (SSSR count). The van der Waals surface area contributed by atoms with E-state index in [2.05, 4.69) is 37.9 Å². The van der Waals surface area contributed by atoms with Gasteiger partial charge in [0.1, 0.15) is 11.5 Å². The number of phenols is 1. The average Bonchev–Trinajstić information content (AvgIpc) is 2.64. The van der Waals surface area contributed by atoms with Crippen LogP contribution in [0.4, 0.5) is 0 Å². The van der Waals surface area contributed by atoms with Crippen molar-refractivity contribution in [2.24, 2.45) is 4.99 Å². The molecular formula is C23H25ClN2O2S. The number of nitrogens with one attached hydrogen (secondary N) is 1. The molecule has 152 valence electrons. The number of phenolic OH excluding ortho intramolecular Hbond substituents is 1. The Labute approximate surface area is 181 Å². The molecule has 0 radical (unpaired) electrons. The second-order valence-electron chi connectivity index (χ2n) is 8.28. The lowest BCUT2D eigenvalue weighted by Crippen LogP contribution is -2.57.